The number of nitrogens with zero attached hydrogens (tertiary/aromatic N) is 3. The van der Waals surface area contributed by atoms with Crippen LogP contribution < -0.4 is 5.32 Å². The fraction of sp³-hybridized carbons (Fsp3) is 0.438. The van der Waals surface area contributed by atoms with E-state index >= 15 is 0 Å². The SMILES string of the molecule is CCS(=O)(=O)N1CCCC(C(=O)Nc2nnc(-c3ccccc3)s2)C1. The number of sulfonamides is 1. The highest BCUT2D eigenvalue weighted by Gasteiger charge is 2.31. The normalized spacial score (nSPS) is 18.8. The van der Waals surface area contributed by atoms with E-state index in [1.807, 2.05) is 30.3 Å². The molecule has 0 aliphatic carbocycles. The Hall–Kier alpha value is -1.84. The molecule has 9 heteroatoms. The lowest BCUT2D eigenvalue weighted by Gasteiger charge is -2.30. The molecule has 1 N–H and O–H groups in total. The molecule has 7 nitrogen and oxygen atoms in total. The van der Waals surface area contributed by atoms with Gasteiger partial charge < -0.3 is 5.32 Å². The summed E-state index contributed by atoms with van der Waals surface area (Å²) in [5.74, 6) is -0.510. The molecule has 0 spiro atoms. The van der Waals surface area contributed by atoms with Gasteiger partial charge in [0.1, 0.15) is 5.01 Å². The summed E-state index contributed by atoms with van der Waals surface area (Å²) >= 11 is 1.30. The van der Waals surface area contributed by atoms with Crippen LogP contribution in [-0.2, 0) is 14.8 Å². The Kier molecular flexibility index (Phi) is 5.45. The van der Waals surface area contributed by atoms with Gasteiger partial charge in [-0.15, -0.1) is 10.2 Å². The Morgan fingerprint density at radius 1 is 1.32 bits per heavy atom. The Morgan fingerprint density at radius 2 is 2.08 bits per heavy atom. The van der Waals surface area contributed by atoms with E-state index in [1.165, 1.54) is 15.6 Å². The maximum atomic E-state index is 12.5. The zero-order chi connectivity index (χ0) is 17.9. The van der Waals surface area contributed by atoms with E-state index in [0.29, 0.717) is 24.5 Å². The summed E-state index contributed by atoms with van der Waals surface area (Å²) < 4.78 is 25.4. The van der Waals surface area contributed by atoms with Gasteiger partial charge in [0.2, 0.25) is 21.1 Å². The molecule has 1 amide bonds. The van der Waals surface area contributed by atoms with Gasteiger partial charge in [0, 0.05) is 18.7 Å². The lowest BCUT2D eigenvalue weighted by Crippen LogP contribution is -2.44. The van der Waals surface area contributed by atoms with Crippen LogP contribution in [0.5, 0.6) is 0 Å². The summed E-state index contributed by atoms with van der Waals surface area (Å²) in [7, 11) is -3.26. The van der Waals surface area contributed by atoms with Crippen LogP contribution in [0.2, 0.25) is 0 Å². The molecule has 1 aliphatic heterocycles. The maximum absolute atomic E-state index is 12.5. The first kappa shape index (κ1) is 18.0. The monoisotopic (exact) mass is 380 g/mol. The second-order valence-electron chi connectivity index (χ2n) is 5.87. The summed E-state index contributed by atoms with van der Waals surface area (Å²) in [6.07, 6.45) is 1.36. The van der Waals surface area contributed by atoms with Crippen molar-refractivity contribution in [2.24, 2.45) is 5.92 Å². The molecule has 25 heavy (non-hydrogen) atoms. The molecule has 0 saturated carbocycles. The Balaban J connectivity index is 1.65. The van der Waals surface area contributed by atoms with E-state index in [9.17, 15) is 13.2 Å². The highest BCUT2D eigenvalue weighted by atomic mass is 32.2. The van der Waals surface area contributed by atoms with Crippen LogP contribution in [0.25, 0.3) is 10.6 Å². The van der Waals surface area contributed by atoms with Crippen molar-refractivity contribution in [1.82, 2.24) is 14.5 Å². The van der Waals surface area contributed by atoms with E-state index in [4.69, 9.17) is 0 Å². The Labute approximate surface area is 151 Å². The molecule has 2 aromatic rings. The van der Waals surface area contributed by atoms with Crippen molar-refractivity contribution < 1.29 is 13.2 Å². The standard InChI is InChI=1S/C16H20N4O3S2/c1-2-25(22,23)20-10-6-9-13(11-20)14(21)17-16-19-18-15(24-16)12-7-4-3-5-8-12/h3-5,7-8,13H,2,6,9-11H2,1H3,(H,17,19,21). The lowest BCUT2D eigenvalue weighted by molar-refractivity contribution is -0.120. The van der Waals surface area contributed by atoms with Gasteiger partial charge in [-0.3, -0.25) is 4.79 Å². The van der Waals surface area contributed by atoms with Crippen molar-refractivity contribution in [2.75, 3.05) is 24.2 Å². The van der Waals surface area contributed by atoms with Gasteiger partial charge in [-0.1, -0.05) is 41.7 Å². The Morgan fingerprint density at radius 3 is 2.80 bits per heavy atom. The lowest BCUT2D eigenvalue weighted by atomic mass is 9.99. The molecule has 1 fully saturated rings. The van der Waals surface area contributed by atoms with Crippen molar-refractivity contribution in [3.63, 3.8) is 0 Å². The van der Waals surface area contributed by atoms with Crippen molar-refractivity contribution in [3.8, 4) is 10.6 Å². The smallest absolute Gasteiger partial charge is 0.230 e. The summed E-state index contributed by atoms with van der Waals surface area (Å²) in [6, 6.07) is 9.62. The van der Waals surface area contributed by atoms with Crippen molar-refractivity contribution in [2.45, 2.75) is 19.8 Å². The number of benzene rings is 1. The minimum atomic E-state index is -3.26. The third-order valence-corrected chi connectivity index (χ3v) is 6.92. The zero-order valence-electron chi connectivity index (χ0n) is 13.9. The van der Waals surface area contributed by atoms with E-state index in [2.05, 4.69) is 15.5 Å². The summed E-state index contributed by atoms with van der Waals surface area (Å²) in [5, 5.41) is 12.1. The summed E-state index contributed by atoms with van der Waals surface area (Å²) in [6.45, 7) is 2.33. The molecule has 0 bridgehead atoms. The average molecular weight is 380 g/mol. The average Bonchev–Trinajstić information content (AvgIpc) is 3.11. The van der Waals surface area contributed by atoms with Gasteiger partial charge in [-0.2, -0.15) is 0 Å². The number of rotatable bonds is 5. The van der Waals surface area contributed by atoms with Gasteiger partial charge in [0.25, 0.3) is 0 Å². The molecular formula is C16H20N4O3S2. The van der Waals surface area contributed by atoms with Crippen LogP contribution in [0.4, 0.5) is 5.13 Å². The van der Waals surface area contributed by atoms with Gasteiger partial charge in [-0.25, -0.2) is 12.7 Å². The summed E-state index contributed by atoms with van der Waals surface area (Å²) in [4.78, 5) is 12.5. The molecule has 1 saturated heterocycles. The van der Waals surface area contributed by atoms with Gasteiger partial charge in [0.05, 0.1) is 11.7 Å². The topological polar surface area (TPSA) is 92.3 Å². The molecule has 2 heterocycles. The number of carbonyl (C=O) groups excluding carboxylic acids is 1. The molecule has 134 valence electrons. The van der Waals surface area contributed by atoms with E-state index < -0.39 is 10.0 Å². The predicted octanol–water partition coefficient (Wildman–Crippen LogP) is 2.21. The molecule has 1 atom stereocenters. The predicted molar refractivity (Wildman–Crippen MR) is 97.7 cm³/mol. The number of piperidine rings is 1. The van der Waals surface area contributed by atoms with Crippen LogP contribution in [0.3, 0.4) is 0 Å². The van der Waals surface area contributed by atoms with Crippen molar-refractivity contribution in [3.05, 3.63) is 30.3 Å². The molecule has 3 rings (SSSR count). The summed E-state index contributed by atoms with van der Waals surface area (Å²) in [5.41, 5.74) is 0.943. The van der Waals surface area contributed by atoms with E-state index in [0.717, 1.165) is 10.6 Å². The largest absolute Gasteiger partial charge is 0.300 e. The minimum Gasteiger partial charge on any atom is -0.300 e. The molecule has 1 aliphatic rings. The van der Waals surface area contributed by atoms with E-state index in [1.54, 1.807) is 6.92 Å². The molecule has 1 unspecified atom stereocenters. The van der Waals surface area contributed by atoms with Crippen molar-refractivity contribution in [1.29, 1.82) is 0 Å². The minimum absolute atomic E-state index is 0.0537. The second-order valence-corrected chi connectivity index (χ2v) is 9.10. The first-order valence-corrected chi connectivity index (χ1v) is 10.6. The Bertz CT molecular complexity index is 836. The fourth-order valence-electron chi connectivity index (χ4n) is 2.77. The number of nitrogens with one attached hydrogen (secondary N) is 1. The van der Waals surface area contributed by atoms with Gasteiger partial charge in [-0.05, 0) is 19.8 Å². The number of amides is 1. The van der Waals surface area contributed by atoms with Crippen LogP contribution >= 0.6 is 11.3 Å². The van der Waals surface area contributed by atoms with Crippen LogP contribution in [0.1, 0.15) is 19.8 Å². The highest BCUT2D eigenvalue weighted by molar-refractivity contribution is 7.89. The number of anilines is 1. The van der Waals surface area contributed by atoms with Gasteiger partial charge in [0.15, 0.2) is 0 Å². The maximum Gasteiger partial charge on any atom is 0.230 e. The fourth-order valence-corrected chi connectivity index (χ4v) is 4.70. The van der Waals surface area contributed by atoms with Crippen LogP contribution in [0.15, 0.2) is 30.3 Å². The number of carbonyl (C=O) groups is 1. The van der Waals surface area contributed by atoms with Crippen LogP contribution in [-0.4, -0.2) is 47.7 Å². The highest BCUT2D eigenvalue weighted by Crippen LogP contribution is 2.27. The first-order chi connectivity index (χ1) is 12.0. The second kappa shape index (κ2) is 7.59. The molecule has 0 radical (unpaired) electrons. The van der Waals surface area contributed by atoms with Crippen LogP contribution in [0, 0.1) is 5.92 Å². The number of aromatic nitrogens is 2. The number of hydrogen-bond acceptors (Lipinski definition) is 6. The van der Waals surface area contributed by atoms with Gasteiger partial charge >= 0.3 is 0 Å². The van der Waals surface area contributed by atoms with Crippen molar-refractivity contribution >= 4 is 32.4 Å². The third kappa shape index (κ3) is 4.23. The van der Waals surface area contributed by atoms with E-state index in [-0.39, 0.29) is 24.1 Å². The molecule has 1 aromatic carbocycles. The first-order valence-electron chi connectivity index (χ1n) is 8.17. The zero-order valence-corrected chi connectivity index (χ0v) is 15.5. The molecular weight excluding hydrogens is 360 g/mol. The third-order valence-electron chi connectivity index (χ3n) is 4.19. The quantitative estimate of drug-likeness (QED) is 0.858. The molecule has 1 aromatic heterocycles. The number of hydrogen-bond donors (Lipinski definition) is 1.